The van der Waals surface area contributed by atoms with Gasteiger partial charge in [0.25, 0.3) is 0 Å². The summed E-state index contributed by atoms with van der Waals surface area (Å²) in [4.78, 5) is 17.0. The fourth-order valence-corrected chi connectivity index (χ4v) is 3.27. The van der Waals surface area contributed by atoms with Crippen LogP contribution in [-0.4, -0.2) is 44.0 Å². The van der Waals surface area contributed by atoms with Crippen molar-refractivity contribution in [2.75, 3.05) is 43.4 Å². The Bertz CT molecular complexity index is 805. The lowest BCUT2D eigenvalue weighted by Gasteiger charge is -2.35. The summed E-state index contributed by atoms with van der Waals surface area (Å²) in [5.41, 5.74) is 5.49. The Labute approximate surface area is 156 Å². The van der Waals surface area contributed by atoms with Gasteiger partial charge in [-0.05, 0) is 56.3 Å². The van der Waals surface area contributed by atoms with Crippen LogP contribution in [0.2, 0.25) is 0 Å². The summed E-state index contributed by atoms with van der Waals surface area (Å²) in [6.07, 6.45) is 3.42. The van der Waals surface area contributed by atoms with Crippen LogP contribution in [0.25, 0.3) is 6.08 Å². The van der Waals surface area contributed by atoms with Gasteiger partial charge < -0.3 is 15.1 Å². The van der Waals surface area contributed by atoms with Gasteiger partial charge in [-0.15, -0.1) is 0 Å². The van der Waals surface area contributed by atoms with Gasteiger partial charge in [-0.1, -0.05) is 29.8 Å². The highest BCUT2D eigenvalue weighted by atomic mass is 16.1. The lowest BCUT2D eigenvalue weighted by Crippen LogP contribution is -2.44. The van der Waals surface area contributed by atoms with Crippen LogP contribution in [0.15, 0.2) is 48.5 Å². The van der Waals surface area contributed by atoms with E-state index in [1.54, 1.807) is 6.08 Å². The Morgan fingerprint density at radius 2 is 1.81 bits per heavy atom. The topological polar surface area (TPSA) is 35.6 Å². The van der Waals surface area contributed by atoms with Crippen molar-refractivity contribution in [2.45, 2.75) is 13.8 Å². The average molecular weight is 349 g/mol. The molecule has 4 heteroatoms. The first kappa shape index (κ1) is 18.2. The highest BCUT2D eigenvalue weighted by molar-refractivity contribution is 6.02. The first-order valence-corrected chi connectivity index (χ1v) is 9.11. The molecule has 0 radical (unpaired) electrons. The molecule has 0 atom stereocenters. The molecule has 0 saturated carbocycles. The van der Waals surface area contributed by atoms with Gasteiger partial charge >= 0.3 is 0 Å². The number of amides is 1. The number of aryl methyl sites for hydroxylation is 2. The Morgan fingerprint density at radius 1 is 1.04 bits per heavy atom. The molecule has 1 aliphatic rings. The van der Waals surface area contributed by atoms with E-state index in [0.29, 0.717) is 0 Å². The molecule has 0 spiro atoms. The van der Waals surface area contributed by atoms with Crippen LogP contribution in [0.1, 0.15) is 16.7 Å². The summed E-state index contributed by atoms with van der Waals surface area (Å²) in [5, 5.41) is 2.95. The fraction of sp³-hybridized carbons (Fsp3) is 0.318. The summed E-state index contributed by atoms with van der Waals surface area (Å²) in [5.74, 6) is -0.113. The zero-order valence-electron chi connectivity index (χ0n) is 15.8. The van der Waals surface area contributed by atoms with Crippen LogP contribution >= 0.6 is 0 Å². The smallest absolute Gasteiger partial charge is 0.248 e. The molecule has 0 aromatic heterocycles. The summed E-state index contributed by atoms with van der Waals surface area (Å²) >= 11 is 0. The third kappa shape index (κ3) is 4.73. The van der Waals surface area contributed by atoms with Crippen LogP contribution < -0.4 is 10.2 Å². The van der Waals surface area contributed by atoms with E-state index in [1.165, 1.54) is 16.8 Å². The molecule has 2 aromatic rings. The molecule has 1 fully saturated rings. The van der Waals surface area contributed by atoms with Gasteiger partial charge in [-0.25, -0.2) is 0 Å². The Kier molecular flexibility index (Phi) is 5.74. The minimum Gasteiger partial charge on any atom is -0.369 e. The van der Waals surface area contributed by atoms with E-state index in [9.17, 15) is 4.79 Å². The minimum atomic E-state index is -0.113. The van der Waals surface area contributed by atoms with E-state index < -0.39 is 0 Å². The lowest BCUT2D eigenvalue weighted by atomic mass is 10.1. The van der Waals surface area contributed by atoms with E-state index in [0.717, 1.165) is 37.4 Å². The van der Waals surface area contributed by atoms with Crippen molar-refractivity contribution in [3.63, 3.8) is 0 Å². The van der Waals surface area contributed by atoms with Gasteiger partial charge in [-0.3, -0.25) is 4.79 Å². The number of rotatable bonds is 4. The maximum absolute atomic E-state index is 12.2. The molecule has 4 nitrogen and oxygen atoms in total. The predicted octanol–water partition coefficient (Wildman–Crippen LogP) is 3.71. The summed E-state index contributed by atoms with van der Waals surface area (Å²) in [7, 11) is 2.16. The first-order chi connectivity index (χ1) is 12.5. The van der Waals surface area contributed by atoms with E-state index in [1.807, 2.05) is 43.3 Å². The summed E-state index contributed by atoms with van der Waals surface area (Å²) in [6, 6.07) is 14.2. The van der Waals surface area contributed by atoms with Crippen LogP contribution in [0.3, 0.4) is 0 Å². The number of likely N-dealkylation sites (N-methyl/N-ethyl adjacent to an activating group) is 1. The number of carbonyl (C=O) groups is 1. The Hall–Kier alpha value is -2.59. The largest absolute Gasteiger partial charge is 0.369 e. The van der Waals surface area contributed by atoms with Gasteiger partial charge in [0.05, 0.1) is 0 Å². The standard InChI is InChI=1S/C22H27N3O/c1-17-5-4-6-19(15-17)7-10-22(26)23-20-8-9-21(18(2)16-20)25-13-11-24(3)12-14-25/h4-10,15-16H,11-14H2,1-3H3,(H,23,26)/b10-7+. The monoisotopic (exact) mass is 349 g/mol. The zero-order valence-corrected chi connectivity index (χ0v) is 15.8. The number of benzene rings is 2. The minimum absolute atomic E-state index is 0.113. The number of carbonyl (C=O) groups excluding carboxylic acids is 1. The van der Waals surface area contributed by atoms with Crippen molar-refractivity contribution in [1.29, 1.82) is 0 Å². The van der Waals surface area contributed by atoms with Crippen molar-refractivity contribution in [2.24, 2.45) is 0 Å². The number of piperazine rings is 1. The number of nitrogens with zero attached hydrogens (tertiary/aromatic N) is 2. The highest BCUT2D eigenvalue weighted by Crippen LogP contribution is 2.24. The molecule has 1 aliphatic heterocycles. The molecule has 0 bridgehead atoms. The second kappa shape index (κ2) is 8.19. The van der Waals surface area contributed by atoms with E-state index >= 15 is 0 Å². The zero-order chi connectivity index (χ0) is 18.5. The van der Waals surface area contributed by atoms with Gasteiger partial charge in [0, 0.05) is 43.6 Å². The first-order valence-electron chi connectivity index (χ1n) is 9.11. The van der Waals surface area contributed by atoms with Crippen molar-refractivity contribution in [1.82, 2.24) is 4.90 Å². The van der Waals surface area contributed by atoms with Crippen molar-refractivity contribution in [3.05, 3.63) is 65.2 Å². The van der Waals surface area contributed by atoms with Crippen LogP contribution in [0, 0.1) is 13.8 Å². The molecule has 1 saturated heterocycles. The Morgan fingerprint density at radius 3 is 2.50 bits per heavy atom. The maximum Gasteiger partial charge on any atom is 0.248 e. The quantitative estimate of drug-likeness (QED) is 0.855. The SMILES string of the molecule is Cc1cccc(/C=C/C(=O)Nc2ccc(N3CCN(C)CC3)c(C)c2)c1. The molecule has 136 valence electrons. The predicted molar refractivity (Wildman–Crippen MR) is 110 cm³/mol. The van der Waals surface area contributed by atoms with Gasteiger partial charge in [0.2, 0.25) is 5.91 Å². The van der Waals surface area contributed by atoms with Crippen molar-refractivity contribution >= 4 is 23.4 Å². The maximum atomic E-state index is 12.2. The lowest BCUT2D eigenvalue weighted by molar-refractivity contribution is -0.111. The molecule has 1 amide bonds. The molecular formula is C22H27N3O. The normalized spacial score (nSPS) is 15.4. The molecule has 0 aliphatic carbocycles. The second-order valence-corrected chi connectivity index (χ2v) is 7.03. The third-order valence-corrected chi connectivity index (χ3v) is 4.78. The van der Waals surface area contributed by atoms with E-state index in [-0.39, 0.29) is 5.91 Å². The highest BCUT2D eigenvalue weighted by Gasteiger charge is 2.16. The molecule has 1 N–H and O–H groups in total. The molecule has 3 rings (SSSR count). The molecule has 1 heterocycles. The van der Waals surface area contributed by atoms with E-state index in [4.69, 9.17) is 0 Å². The number of anilines is 2. The fourth-order valence-electron chi connectivity index (χ4n) is 3.27. The van der Waals surface area contributed by atoms with Crippen LogP contribution in [-0.2, 0) is 4.79 Å². The van der Waals surface area contributed by atoms with Crippen LogP contribution in [0.5, 0.6) is 0 Å². The number of hydrogen-bond donors (Lipinski definition) is 1. The van der Waals surface area contributed by atoms with Crippen molar-refractivity contribution < 1.29 is 4.79 Å². The average Bonchev–Trinajstić information content (AvgIpc) is 2.61. The third-order valence-electron chi connectivity index (χ3n) is 4.78. The summed E-state index contributed by atoms with van der Waals surface area (Å²) in [6.45, 7) is 8.40. The molecule has 2 aromatic carbocycles. The molecule has 0 unspecified atom stereocenters. The van der Waals surface area contributed by atoms with Crippen LogP contribution in [0.4, 0.5) is 11.4 Å². The second-order valence-electron chi connectivity index (χ2n) is 7.03. The van der Waals surface area contributed by atoms with Gasteiger partial charge in [0.15, 0.2) is 0 Å². The summed E-state index contributed by atoms with van der Waals surface area (Å²) < 4.78 is 0. The van der Waals surface area contributed by atoms with Gasteiger partial charge in [0.1, 0.15) is 0 Å². The van der Waals surface area contributed by atoms with Gasteiger partial charge in [-0.2, -0.15) is 0 Å². The van der Waals surface area contributed by atoms with Crippen molar-refractivity contribution in [3.8, 4) is 0 Å². The molecular weight excluding hydrogens is 322 g/mol. The Balaban J connectivity index is 1.63. The number of nitrogens with one attached hydrogen (secondary N) is 1. The number of hydrogen-bond acceptors (Lipinski definition) is 3. The van der Waals surface area contributed by atoms with E-state index in [2.05, 4.69) is 41.2 Å². The molecule has 26 heavy (non-hydrogen) atoms.